The van der Waals surface area contributed by atoms with E-state index in [2.05, 4.69) is 9.97 Å². The van der Waals surface area contributed by atoms with E-state index in [1.807, 2.05) is 30.3 Å². The zero-order valence-electron chi connectivity index (χ0n) is 12.5. The van der Waals surface area contributed by atoms with Gasteiger partial charge in [0.25, 0.3) is 5.91 Å². The summed E-state index contributed by atoms with van der Waals surface area (Å²) in [6.07, 6.45) is 2.91. The Morgan fingerprint density at radius 3 is 2.22 bits per heavy atom. The largest absolute Gasteiger partial charge is 0.309 e. The second-order valence-electron chi connectivity index (χ2n) is 4.98. The van der Waals surface area contributed by atoms with Crippen molar-refractivity contribution >= 4 is 11.6 Å². The van der Waals surface area contributed by atoms with E-state index in [-0.39, 0.29) is 11.6 Å². The Balaban J connectivity index is 1.85. The molecule has 1 heterocycles. The zero-order chi connectivity index (χ0) is 16.2. The second kappa shape index (κ2) is 6.36. The number of benzene rings is 2. The molecule has 0 atom stereocenters. The van der Waals surface area contributed by atoms with E-state index >= 15 is 0 Å². The second-order valence-corrected chi connectivity index (χ2v) is 4.98. The molecule has 114 valence electrons. The Bertz CT molecular complexity index is 819. The van der Waals surface area contributed by atoms with Crippen LogP contribution < -0.4 is 4.90 Å². The van der Waals surface area contributed by atoms with E-state index in [1.165, 1.54) is 30.4 Å². The number of anilines is 1. The standard InChI is InChI=1S/C18H14FN3O/c1-22(16-10-6-5-9-15(16)19)18(23)14-11-20-17(21-12-14)13-7-3-2-4-8-13/h2-12H,1H3. The van der Waals surface area contributed by atoms with Crippen LogP contribution >= 0.6 is 0 Å². The van der Waals surface area contributed by atoms with Crippen LogP contribution in [-0.2, 0) is 0 Å². The van der Waals surface area contributed by atoms with Crippen molar-refractivity contribution in [1.82, 2.24) is 9.97 Å². The van der Waals surface area contributed by atoms with Gasteiger partial charge in [-0.15, -0.1) is 0 Å². The molecule has 0 radical (unpaired) electrons. The van der Waals surface area contributed by atoms with Crippen LogP contribution in [0.4, 0.5) is 10.1 Å². The molecule has 0 aliphatic heterocycles. The highest BCUT2D eigenvalue weighted by Crippen LogP contribution is 2.19. The van der Waals surface area contributed by atoms with Crippen LogP contribution in [0, 0.1) is 5.82 Å². The van der Waals surface area contributed by atoms with Crippen LogP contribution in [0.3, 0.4) is 0 Å². The summed E-state index contributed by atoms with van der Waals surface area (Å²) in [5.74, 6) is -0.282. The molecule has 0 saturated heterocycles. The minimum atomic E-state index is -0.454. The lowest BCUT2D eigenvalue weighted by Crippen LogP contribution is -2.27. The highest BCUT2D eigenvalue weighted by Gasteiger charge is 2.17. The summed E-state index contributed by atoms with van der Waals surface area (Å²) in [6.45, 7) is 0. The average molecular weight is 307 g/mol. The summed E-state index contributed by atoms with van der Waals surface area (Å²) in [5.41, 5.74) is 1.38. The van der Waals surface area contributed by atoms with E-state index < -0.39 is 5.82 Å². The average Bonchev–Trinajstić information content (AvgIpc) is 2.62. The topological polar surface area (TPSA) is 46.1 Å². The molecular weight excluding hydrogens is 293 g/mol. The maximum atomic E-state index is 13.8. The van der Waals surface area contributed by atoms with Gasteiger partial charge in [0, 0.05) is 25.0 Å². The molecule has 2 aromatic carbocycles. The lowest BCUT2D eigenvalue weighted by atomic mass is 10.2. The van der Waals surface area contributed by atoms with Crippen LogP contribution in [0.5, 0.6) is 0 Å². The summed E-state index contributed by atoms with van der Waals surface area (Å²) in [5, 5.41) is 0. The van der Waals surface area contributed by atoms with Gasteiger partial charge in [-0.3, -0.25) is 4.79 Å². The van der Waals surface area contributed by atoms with Crippen LogP contribution in [-0.4, -0.2) is 22.9 Å². The Morgan fingerprint density at radius 1 is 0.957 bits per heavy atom. The highest BCUT2D eigenvalue weighted by atomic mass is 19.1. The fraction of sp³-hybridized carbons (Fsp3) is 0.0556. The summed E-state index contributed by atoms with van der Waals surface area (Å²) in [6, 6.07) is 15.6. The Morgan fingerprint density at radius 2 is 1.57 bits per heavy atom. The van der Waals surface area contributed by atoms with Crippen LogP contribution in [0.15, 0.2) is 67.0 Å². The number of hydrogen-bond acceptors (Lipinski definition) is 3. The van der Waals surface area contributed by atoms with E-state index in [0.717, 1.165) is 5.56 Å². The van der Waals surface area contributed by atoms with Crippen molar-refractivity contribution in [2.24, 2.45) is 0 Å². The molecule has 0 saturated carbocycles. The third kappa shape index (κ3) is 3.08. The quantitative estimate of drug-likeness (QED) is 0.743. The Kier molecular flexibility index (Phi) is 4.10. The van der Waals surface area contributed by atoms with E-state index in [0.29, 0.717) is 11.4 Å². The third-order valence-corrected chi connectivity index (χ3v) is 3.45. The number of carbonyl (C=O) groups excluding carboxylic acids is 1. The number of hydrogen-bond donors (Lipinski definition) is 0. The monoisotopic (exact) mass is 307 g/mol. The molecule has 3 aromatic rings. The number of para-hydroxylation sites is 1. The molecule has 0 spiro atoms. The maximum Gasteiger partial charge on any atom is 0.261 e. The minimum Gasteiger partial charge on any atom is -0.309 e. The number of halogens is 1. The Hall–Kier alpha value is -3.08. The van der Waals surface area contributed by atoms with Crippen molar-refractivity contribution < 1.29 is 9.18 Å². The van der Waals surface area contributed by atoms with Crippen molar-refractivity contribution in [3.63, 3.8) is 0 Å². The van der Waals surface area contributed by atoms with Gasteiger partial charge in [0.05, 0.1) is 11.3 Å². The molecule has 0 aliphatic rings. The van der Waals surface area contributed by atoms with Crippen molar-refractivity contribution in [3.05, 3.63) is 78.4 Å². The van der Waals surface area contributed by atoms with E-state index in [4.69, 9.17) is 0 Å². The Labute approximate surface area is 133 Å². The summed E-state index contributed by atoms with van der Waals surface area (Å²) < 4.78 is 13.8. The first kappa shape index (κ1) is 14.8. The van der Waals surface area contributed by atoms with Gasteiger partial charge in [-0.05, 0) is 12.1 Å². The summed E-state index contributed by atoms with van der Waals surface area (Å²) in [4.78, 5) is 22.1. The highest BCUT2D eigenvalue weighted by molar-refractivity contribution is 6.05. The van der Waals surface area contributed by atoms with E-state index in [9.17, 15) is 9.18 Å². The first-order valence-electron chi connectivity index (χ1n) is 7.07. The molecule has 0 unspecified atom stereocenters. The first-order valence-corrected chi connectivity index (χ1v) is 7.07. The molecule has 1 amide bonds. The zero-order valence-corrected chi connectivity index (χ0v) is 12.5. The first-order chi connectivity index (χ1) is 11.2. The summed E-state index contributed by atoms with van der Waals surface area (Å²) >= 11 is 0. The van der Waals surface area contributed by atoms with Crippen molar-refractivity contribution in [1.29, 1.82) is 0 Å². The van der Waals surface area contributed by atoms with Gasteiger partial charge in [-0.25, -0.2) is 14.4 Å². The number of aromatic nitrogens is 2. The van der Waals surface area contributed by atoms with Crippen molar-refractivity contribution in [3.8, 4) is 11.4 Å². The van der Waals surface area contributed by atoms with Crippen molar-refractivity contribution in [2.75, 3.05) is 11.9 Å². The molecular formula is C18H14FN3O. The van der Waals surface area contributed by atoms with Gasteiger partial charge in [0.1, 0.15) is 5.82 Å². The minimum absolute atomic E-state index is 0.213. The normalized spacial score (nSPS) is 10.3. The summed E-state index contributed by atoms with van der Waals surface area (Å²) in [7, 11) is 1.52. The SMILES string of the molecule is CN(C(=O)c1cnc(-c2ccccc2)nc1)c1ccccc1F. The van der Waals surface area contributed by atoms with Gasteiger partial charge in [-0.2, -0.15) is 0 Å². The molecule has 3 rings (SSSR count). The van der Waals surface area contributed by atoms with Crippen molar-refractivity contribution in [2.45, 2.75) is 0 Å². The van der Waals surface area contributed by atoms with Crippen LogP contribution in [0.1, 0.15) is 10.4 Å². The molecule has 4 nitrogen and oxygen atoms in total. The molecule has 0 aliphatic carbocycles. The lowest BCUT2D eigenvalue weighted by molar-refractivity contribution is 0.0991. The fourth-order valence-corrected chi connectivity index (χ4v) is 2.20. The van der Waals surface area contributed by atoms with E-state index in [1.54, 1.807) is 18.2 Å². The molecule has 5 heteroatoms. The predicted octanol–water partition coefficient (Wildman–Crippen LogP) is 3.56. The van der Waals surface area contributed by atoms with Crippen LogP contribution in [0.2, 0.25) is 0 Å². The maximum absolute atomic E-state index is 13.8. The number of rotatable bonds is 3. The lowest BCUT2D eigenvalue weighted by Gasteiger charge is -2.17. The molecule has 23 heavy (non-hydrogen) atoms. The molecule has 0 bridgehead atoms. The molecule has 0 N–H and O–H groups in total. The number of carbonyl (C=O) groups is 1. The number of nitrogens with zero attached hydrogens (tertiary/aromatic N) is 3. The van der Waals surface area contributed by atoms with Gasteiger partial charge in [0.2, 0.25) is 0 Å². The van der Waals surface area contributed by atoms with Gasteiger partial charge in [0.15, 0.2) is 5.82 Å². The molecule has 0 fully saturated rings. The third-order valence-electron chi connectivity index (χ3n) is 3.45. The molecule has 1 aromatic heterocycles. The van der Waals surface area contributed by atoms with Gasteiger partial charge in [-0.1, -0.05) is 42.5 Å². The smallest absolute Gasteiger partial charge is 0.261 e. The fourth-order valence-electron chi connectivity index (χ4n) is 2.20. The van der Waals surface area contributed by atoms with Gasteiger partial charge < -0.3 is 4.90 Å². The number of amides is 1. The van der Waals surface area contributed by atoms with Gasteiger partial charge >= 0.3 is 0 Å². The van der Waals surface area contributed by atoms with Crippen LogP contribution in [0.25, 0.3) is 11.4 Å². The predicted molar refractivity (Wildman–Crippen MR) is 86.6 cm³/mol.